The van der Waals surface area contributed by atoms with Gasteiger partial charge in [-0.1, -0.05) is 0 Å². The van der Waals surface area contributed by atoms with Gasteiger partial charge in [0.05, 0.1) is 5.56 Å². The smallest absolute Gasteiger partial charge is 0.256 e. The van der Waals surface area contributed by atoms with Crippen LogP contribution in [0.15, 0.2) is 23.1 Å². The van der Waals surface area contributed by atoms with Crippen molar-refractivity contribution >= 4 is 24.4 Å². The number of hydrogen-bond acceptors (Lipinski definition) is 3. The minimum absolute atomic E-state index is 0.0399. The predicted octanol–water partition coefficient (Wildman–Crippen LogP) is 1.32. The van der Waals surface area contributed by atoms with Crippen LogP contribution in [0, 0.1) is 5.82 Å². The van der Waals surface area contributed by atoms with E-state index in [2.05, 4.69) is 17.9 Å². The fourth-order valence-electron chi connectivity index (χ4n) is 1.38. The molecule has 0 aliphatic carbocycles. The second kappa shape index (κ2) is 6.39. The fourth-order valence-corrected chi connectivity index (χ4v) is 1.58. The summed E-state index contributed by atoms with van der Waals surface area (Å²) in [4.78, 5) is 24.8. The molecule has 0 atom stereocenters. The van der Waals surface area contributed by atoms with E-state index in [1.54, 1.807) is 0 Å². The van der Waals surface area contributed by atoms with E-state index in [0.717, 1.165) is 0 Å². The molecular weight excluding hydrogens is 255 g/mol. The molecule has 1 N–H and O–H groups in total. The number of rotatable bonds is 4. The van der Waals surface area contributed by atoms with E-state index in [9.17, 15) is 14.0 Å². The van der Waals surface area contributed by atoms with Gasteiger partial charge in [0.25, 0.3) is 5.91 Å². The number of hydrogen-bond donors (Lipinski definition) is 2. The molecule has 0 spiro atoms. The molecule has 0 saturated carbocycles. The molecule has 2 amide bonds. The zero-order chi connectivity index (χ0) is 13.7. The van der Waals surface area contributed by atoms with E-state index >= 15 is 0 Å². The number of nitrogens with zero attached hydrogens (tertiary/aromatic N) is 1. The fraction of sp³-hybridized carbons (Fsp3) is 0.333. The van der Waals surface area contributed by atoms with Gasteiger partial charge in [-0.25, -0.2) is 4.39 Å². The van der Waals surface area contributed by atoms with Crippen LogP contribution >= 0.6 is 12.6 Å². The number of benzene rings is 1. The first kappa shape index (κ1) is 14.5. The van der Waals surface area contributed by atoms with Gasteiger partial charge in [0.15, 0.2) is 0 Å². The van der Waals surface area contributed by atoms with Crippen LogP contribution in [0.5, 0.6) is 0 Å². The maximum absolute atomic E-state index is 13.5. The average molecular weight is 270 g/mol. The SMILES string of the molecule is CNC(=O)CCN(C)C(=O)c1cc(S)ccc1F. The van der Waals surface area contributed by atoms with Crippen LogP contribution in [0.3, 0.4) is 0 Å². The Morgan fingerprint density at radius 1 is 1.44 bits per heavy atom. The van der Waals surface area contributed by atoms with E-state index in [1.807, 2.05) is 0 Å². The van der Waals surface area contributed by atoms with Gasteiger partial charge in [-0.2, -0.15) is 0 Å². The predicted molar refractivity (Wildman–Crippen MR) is 69.3 cm³/mol. The second-order valence-corrected chi connectivity index (χ2v) is 4.33. The summed E-state index contributed by atoms with van der Waals surface area (Å²) in [6.07, 6.45) is 0.181. The van der Waals surface area contributed by atoms with Gasteiger partial charge < -0.3 is 10.2 Å². The maximum atomic E-state index is 13.5. The van der Waals surface area contributed by atoms with Crippen LogP contribution in [0.1, 0.15) is 16.8 Å². The van der Waals surface area contributed by atoms with Crippen LogP contribution in [0.25, 0.3) is 0 Å². The van der Waals surface area contributed by atoms with Gasteiger partial charge in [0.1, 0.15) is 5.82 Å². The van der Waals surface area contributed by atoms with Crippen molar-refractivity contribution in [3.05, 3.63) is 29.6 Å². The number of carbonyl (C=O) groups excluding carboxylic acids is 2. The number of carbonyl (C=O) groups is 2. The van der Waals surface area contributed by atoms with E-state index in [-0.39, 0.29) is 24.4 Å². The molecule has 0 saturated heterocycles. The van der Waals surface area contributed by atoms with Crippen LogP contribution in [-0.4, -0.2) is 37.4 Å². The molecule has 18 heavy (non-hydrogen) atoms. The molecule has 98 valence electrons. The highest BCUT2D eigenvalue weighted by Crippen LogP contribution is 2.15. The monoisotopic (exact) mass is 270 g/mol. The summed E-state index contributed by atoms with van der Waals surface area (Å²) in [7, 11) is 3.05. The van der Waals surface area contributed by atoms with Crippen molar-refractivity contribution < 1.29 is 14.0 Å². The Morgan fingerprint density at radius 2 is 2.11 bits per heavy atom. The van der Waals surface area contributed by atoms with E-state index in [4.69, 9.17) is 0 Å². The number of halogens is 1. The summed E-state index contributed by atoms with van der Waals surface area (Å²) in [5, 5.41) is 2.46. The Bertz CT molecular complexity index is 465. The van der Waals surface area contributed by atoms with Crippen LogP contribution in [0.4, 0.5) is 4.39 Å². The van der Waals surface area contributed by atoms with E-state index in [0.29, 0.717) is 4.90 Å². The molecule has 0 unspecified atom stereocenters. The molecule has 0 radical (unpaired) electrons. The first-order valence-corrected chi connectivity index (χ1v) is 5.85. The molecule has 4 nitrogen and oxygen atoms in total. The van der Waals surface area contributed by atoms with E-state index < -0.39 is 11.7 Å². The van der Waals surface area contributed by atoms with Crippen molar-refractivity contribution in [3.63, 3.8) is 0 Å². The summed E-state index contributed by atoms with van der Waals surface area (Å²) in [6.45, 7) is 0.231. The zero-order valence-corrected chi connectivity index (χ0v) is 11.1. The van der Waals surface area contributed by atoms with Crippen LogP contribution in [0.2, 0.25) is 0 Å². The van der Waals surface area contributed by atoms with E-state index in [1.165, 1.54) is 37.2 Å². The Hall–Kier alpha value is -1.56. The van der Waals surface area contributed by atoms with Crippen molar-refractivity contribution in [1.29, 1.82) is 0 Å². The molecule has 0 aliphatic heterocycles. The lowest BCUT2D eigenvalue weighted by Gasteiger charge is -2.17. The Labute approximate surface area is 111 Å². The topological polar surface area (TPSA) is 49.4 Å². The van der Waals surface area contributed by atoms with Crippen molar-refractivity contribution in [2.45, 2.75) is 11.3 Å². The average Bonchev–Trinajstić information content (AvgIpc) is 2.37. The van der Waals surface area contributed by atoms with Crippen LogP contribution < -0.4 is 5.32 Å². The maximum Gasteiger partial charge on any atom is 0.256 e. The summed E-state index contributed by atoms with van der Waals surface area (Å²) in [5.41, 5.74) is -0.0399. The minimum atomic E-state index is -0.593. The highest BCUT2D eigenvalue weighted by atomic mass is 32.1. The van der Waals surface area contributed by atoms with Gasteiger partial charge in [-0.15, -0.1) is 12.6 Å². The number of nitrogens with one attached hydrogen (secondary N) is 1. The quantitative estimate of drug-likeness (QED) is 0.811. The lowest BCUT2D eigenvalue weighted by Crippen LogP contribution is -2.31. The highest BCUT2D eigenvalue weighted by molar-refractivity contribution is 7.80. The molecule has 0 aromatic heterocycles. The lowest BCUT2D eigenvalue weighted by atomic mass is 10.2. The molecule has 1 rings (SSSR count). The van der Waals surface area contributed by atoms with Crippen molar-refractivity contribution in [3.8, 4) is 0 Å². The summed E-state index contributed by atoms with van der Waals surface area (Å²) >= 11 is 4.06. The van der Waals surface area contributed by atoms with Crippen LogP contribution in [-0.2, 0) is 4.79 Å². The second-order valence-electron chi connectivity index (χ2n) is 3.81. The molecular formula is C12H15FN2O2S. The standard InChI is InChI=1S/C12H15FN2O2S/c1-14-11(16)5-6-15(2)12(17)9-7-8(18)3-4-10(9)13/h3-4,7,18H,5-6H2,1-2H3,(H,14,16). The largest absolute Gasteiger partial charge is 0.359 e. The summed E-state index contributed by atoms with van der Waals surface area (Å²) < 4.78 is 13.5. The molecule has 0 fully saturated rings. The third-order valence-electron chi connectivity index (χ3n) is 2.48. The van der Waals surface area contributed by atoms with Gasteiger partial charge in [0.2, 0.25) is 5.91 Å². The summed E-state index contributed by atoms with van der Waals surface area (Å²) in [5.74, 6) is -1.23. The van der Waals surface area contributed by atoms with Gasteiger partial charge in [0, 0.05) is 32.0 Å². The molecule has 0 bridgehead atoms. The van der Waals surface area contributed by atoms with Crippen molar-refractivity contribution in [2.75, 3.05) is 20.6 Å². The highest BCUT2D eigenvalue weighted by Gasteiger charge is 2.16. The third kappa shape index (κ3) is 3.73. The first-order chi connectivity index (χ1) is 8.45. The summed E-state index contributed by atoms with van der Waals surface area (Å²) in [6, 6.07) is 4.04. The minimum Gasteiger partial charge on any atom is -0.359 e. The third-order valence-corrected chi connectivity index (χ3v) is 2.76. The van der Waals surface area contributed by atoms with Crippen molar-refractivity contribution in [2.24, 2.45) is 0 Å². The number of thiol groups is 1. The molecule has 1 aromatic carbocycles. The molecule has 0 aliphatic rings. The van der Waals surface area contributed by atoms with Gasteiger partial charge >= 0.3 is 0 Å². The normalized spacial score (nSPS) is 10.0. The zero-order valence-electron chi connectivity index (χ0n) is 10.2. The van der Waals surface area contributed by atoms with Gasteiger partial charge in [-0.3, -0.25) is 9.59 Å². The Kier molecular flexibility index (Phi) is 5.15. The lowest BCUT2D eigenvalue weighted by molar-refractivity contribution is -0.120. The molecule has 0 heterocycles. The molecule has 1 aromatic rings. The molecule has 6 heteroatoms. The Morgan fingerprint density at radius 3 is 2.72 bits per heavy atom. The Balaban J connectivity index is 2.74. The first-order valence-electron chi connectivity index (χ1n) is 5.40. The number of amides is 2. The van der Waals surface area contributed by atoms with Crippen molar-refractivity contribution in [1.82, 2.24) is 10.2 Å². The van der Waals surface area contributed by atoms with Gasteiger partial charge in [-0.05, 0) is 18.2 Å².